The number of carbonyl (C=O) groups excluding carboxylic acids is 2. The van der Waals surface area contributed by atoms with Gasteiger partial charge in [-0.15, -0.1) is 0 Å². The van der Waals surface area contributed by atoms with Crippen molar-refractivity contribution in [3.05, 3.63) is 35.9 Å². The van der Waals surface area contributed by atoms with Crippen LogP contribution in [0.25, 0.3) is 0 Å². The van der Waals surface area contributed by atoms with Gasteiger partial charge in [-0.05, 0) is 57.4 Å². The van der Waals surface area contributed by atoms with Crippen LogP contribution >= 0.6 is 0 Å². The van der Waals surface area contributed by atoms with Gasteiger partial charge >= 0.3 is 6.09 Å². The van der Waals surface area contributed by atoms with E-state index in [1.807, 2.05) is 45.6 Å². The van der Waals surface area contributed by atoms with Crippen molar-refractivity contribution >= 4 is 12.0 Å². The largest absolute Gasteiger partial charge is 0.444 e. The lowest BCUT2D eigenvalue weighted by Gasteiger charge is -2.36. The summed E-state index contributed by atoms with van der Waals surface area (Å²) in [4.78, 5) is 27.3. The first kappa shape index (κ1) is 22.3. The standard InChI is InChI=1S/C23H36N2O3/c1-6-17(2)20(24-22(27)28-23(3,4)5)21(26)25-14-12-19(13-15-25)16-18-10-8-7-9-11-18/h7-11,17,19-20H,6,12-16H2,1-5H3,(H,24,27). The summed E-state index contributed by atoms with van der Waals surface area (Å²) in [5, 5.41) is 2.82. The number of hydrogen-bond acceptors (Lipinski definition) is 3. The Bertz CT molecular complexity index is 631. The third-order valence-electron chi connectivity index (χ3n) is 5.44. The van der Waals surface area contributed by atoms with Crippen molar-refractivity contribution in [1.82, 2.24) is 10.2 Å². The first-order chi connectivity index (χ1) is 13.2. The number of nitrogens with one attached hydrogen (secondary N) is 1. The molecule has 5 nitrogen and oxygen atoms in total. The minimum absolute atomic E-state index is 0.0124. The lowest BCUT2D eigenvalue weighted by Crippen LogP contribution is -2.54. The van der Waals surface area contributed by atoms with E-state index in [0.717, 1.165) is 38.8 Å². The molecular formula is C23H36N2O3. The van der Waals surface area contributed by atoms with Crippen LogP contribution in [0.5, 0.6) is 0 Å². The third-order valence-corrected chi connectivity index (χ3v) is 5.44. The fraction of sp³-hybridized carbons (Fsp3) is 0.652. The van der Waals surface area contributed by atoms with E-state index in [1.54, 1.807) is 0 Å². The predicted octanol–water partition coefficient (Wildman–Crippen LogP) is 4.41. The Morgan fingerprint density at radius 2 is 1.79 bits per heavy atom. The molecule has 0 bridgehead atoms. The molecule has 2 atom stereocenters. The second-order valence-electron chi connectivity index (χ2n) is 8.97. The van der Waals surface area contributed by atoms with E-state index >= 15 is 0 Å². The van der Waals surface area contributed by atoms with Gasteiger partial charge in [0, 0.05) is 13.1 Å². The lowest BCUT2D eigenvalue weighted by atomic mass is 9.89. The Hall–Kier alpha value is -2.04. The average Bonchev–Trinajstić information content (AvgIpc) is 2.65. The quantitative estimate of drug-likeness (QED) is 0.785. The van der Waals surface area contributed by atoms with Crippen LogP contribution in [0.3, 0.4) is 0 Å². The summed E-state index contributed by atoms with van der Waals surface area (Å²) in [6.07, 6.45) is 3.36. The third kappa shape index (κ3) is 6.84. The highest BCUT2D eigenvalue weighted by molar-refractivity contribution is 5.86. The zero-order valence-corrected chi connectivity index (χ0v) is 18.0. The second kappa shape index (κ2) is 9.94. The number of rotatable bonds is 6. The van der Waals surface area contributed by atoms with E-state index in [1.165, 1.54) is 5.56 Å². The molecule has 1 aromatic rings. The molecule has 156 valence electrons. The van der Waals surface area contributed by atoms with Crippen molar-refractivity contribution in [3.63, 3.8) is 0 Å². The number of likely N-dealkylation sites (tertiary alicyclic amines) is 1. The van der Waals surface area contributed by atoms with Gasteiger partial charge in [0.15, 0.2) is 0 Å². The van der Waals surface area contributed by atoms with Crippen LogP contribution in [0.1, 0.15) is 59.4 Å². The van der Waals surface area contributed by atoms with Crippen molar-refractivity contribution in [2.24, 2.45) is 11.8 Å². The van der Waals surface area contributed by atoms with E-state index in [0.29, 0.717) is 5.92 Å². The normalized spacial score (nSPS) is 17.7. The fourth-order valence-corrected chi connectivity index (χ4v) is 3.62. The molecule has 0 aliphatic carbocycles. The number of benzene rings is 1. The molecule has 2 rings (SSSR count). The molecule has 2 amide bonds. The molecule has 1 fully saturated rings. The summed E-state index contributed by atoms with van der Waals surface area (Å²) >= 11 is 0. The topological polar surface area (TPSA) is 58.6 Å². The van der Waals surface area contributed by atoms with Crippen LogP contribution in [-0.2, 0) is 16.0 Å². The number of carbonyl (C=O) groups is 2. The number of piperidine rings is 1. The molecule has 0 radical (unpaired) electrons. The van der Waals surface area contributed by atoms with Gasteiger partial charge in [0.2, 0.25) is 5.91 Å². The Balaban J connectivity index is 1.92. The minimum atomic E-state index is -0.580. The molecule has 0 spiro atoms. The van der Waals surface area contributed by atoms with Gasteiger partial charge < -0.3 is 15.0 Å². The highest BCUT2D eigenvalue weighted by Crippen LogP contribution is 2.23. The molecule has 1 heterocycles. The Labute approximate surface area is 169 Å². The number of ether oxygens (including phenoxy) is 1. The van der Waals surface area contributed by atoms with Crippen LogP contribution in [0.15, 0.2) is 30.3 Å². The van der Waals surface area contributed by atoms with Crippen molar-refractivity contribution in [3.8, 4) is 0 Å². The summed E-state index contributed by atoms with van der Waals surface area (Å²) < 4.78 is 5.36. The molecular weight excluding hydrogens is 352 g/mol. The Morgan fingerprint density at radius 3 is 2.32 bits per heavy atom. The highest BCUT2D eigenvalue weighted by Gasteiger charge is 2.33. The molecule has 5 heteroatoms. The average molecular weight is 389 g/mol. The van der Waals surface area contributed by atoms with Crippen molar-refractivity contribution < 1.29 is 14.3 Å². The number of nitrogens with zero attached hydrogens (tertiary/aromatic N) is 1. The van der Waals surface area contributed by atoms with Gasteiger partial charge in [0.25, 0.3) is 0 Å². The number of hydrogen-bond donors (Lipinski definition) is 1. The number of amides is 2. The lowest BCUT2D eigenvalue weighted by molar-refractivity contribution is -0.136. The van der Waals surface area contributed by atoms with Gasteiger partial charge in [-0.25, -0.2) is 4.79 Å². The SMILES string of the molecule is CCC(C)C(NC(=O)OC(C)(C)C)C(=O)N1CCC(Cc2ccccc2)CC1. The molecule has 1 aliphatic rings. The second-order valence-corrected chi connectivity index (χ2v) is 8.97. The molecule has 1 N–H and O–H groups in total. The van der Waals surface area contributed by atoms with Crippen LogP contribution in [0.4, 0.5) is 4.79 Å². The Morgan fingerprint density at radius 1 is 1.18 bits per heavy atom. The van der Waals surface area contributed by atoms with Gasteiger partial charge in [-0.1, -0.05) is 50.6 Å². The summed E-state index contributed by atoms with van der Waals surface area (Å²) in [5.41, 5.74) is 0.777. The van der Waals surface area contributed by atoms with E-state index in [4.69, 9.17) is 4.74 Å². The minimum Gasteiger partial charge on any atom is -0.444 e. The molecule has 1 aromatic carbocycles. The van der Waals surface area contributed by atoms with Crippen LogP contribution in [-0.4, -0.2) is 41.6 Å². The van der Waals surface area contributed by atoms with Crippen LogP contribution in [0.2, 0.25) is 0 Å². The maximum Gasteiger partial charge on any atom is 0.408 e. The van der Waals surface area contributed by atoms with Crippen LogP contribution < -0.4 is 5.32 Å². The molecule has 0 saturated carbocycles. The van der Waals surface area contributed by atoms with Crippen molar-refractivity contribution in [1.29, 1.82) is 0 Å². The highest BCUT2D eigenvalue weighted by atomic mass is 16.6. The summed E-state index contributed by atoms with van der Waals surface area (Å²) in [5.74, 6) is 0.674. The van der Waals surface area contributed by atoms with E-state index < -0.39 is 17.7 Å². The van der Waals surface area contributed by atoms with Crippen LogP contribution in [0, 0.1) is 11.8 Å². The smallest absolute Gasteiger partial charge is 0.408 e. The zero-order valence-electron chi connectivity index (χ0n) is 18.0. The molecule has 0 aromatic heterocycles. The molecule has 1 saturated heterocycles. The summed E-state index contributed by atoms with van der Waals surface area (Å²) in [6.45, 7) is 11.0. The van der Waals surface area contributed by atoms with Crippen molar-refractivity contribution in [2.45, 2.75) is 71.9 Å². The molecule has 2 unspecified atom stereocenters. The maximum atomic E-state index is 13.1. The zero-order chi connectivity index (χ0) is 20.7. The van der Waals surface area contributed by atoms with Gasteiger partial charge in [-0.2, -0.15) is 0 Å². The maximum absolute atomic E-state index is 13.1. The summed E-state index contributed by atoms with van der Waals surface area (Å²) in [7, 11) is 0. The van der Waals surface area contributed by atoms with Gasteiger partial charge in [0.05, 0.1) is 0 Å². The van der Waals surface area contributed by atoms with E-state index in [2.05, 4.69) is 29.6 Å². The first-order valence-corrected chi connectivity index (χ1v) is 10.5. The predicted molar refractivity (Wildman–Crippen MR) is 112 cm³/mol. The summed E-state index contributed by atoms with van der Waals surface area (Å²) in [6, 6.07) is 9.99. The van der Waals surface area contributed by atoms with E-state index in [9.17, 15) is 9.59 Å². The molecule has 1 aliphatic heterocycles. The Kier molecular flexibility index (Phi) is 7.90. The monoisotopic (exact) mass is 388 g/mol. The van der Waals surface area contributed by atoms with Crippen molar-refractivity contribution in [2.75, 3.05) is 13.1 Å². The van der Waals surface area contributed by atoms with Gasteiger partial charge in [0.1, 0.15) is 11.6 Å². The number of alkyl carbamates (subject to hydrolysis) is 1. The van der Waals surface area contributed by atoms with E-state index in [-0.39, 0.29) is 11.8 Å². The van der Waals surface area contributed by atoms with Gasteiger partial charge in [-0.3, -0.25) is 4.79 Å². The molecule has 28 heavy (non-hydrogen) atoms. The fourth-order valence-electron chi connectivity index (χ4n) is 3.62. The first-order valence-electron chi connectivity index (χ1n) is 10.5.